The highest BCUT2D eigenvalue weighted by atomic mass is 127. The minimum Gasteiger partial charge on any atom is -0.487 e. The maximum absolute atomic E-state index is 11.6. The second kappa shape index (κ2) is 9.97. The number of aliphatic imine (C=N–C) groups is 1. The summed E-state index contributed by atoms with van der Waals surface area (Å²) in [7, 11) is -3.74. The number of primary sulfonamides is 1. The number of hydrogen-bond donors (Lipinski definition) is 3. The van der Waals surface area contributed by atoms with Crippen molar-refractivity contribution < 1.29 is 13.2 Å². The number of nitrogens with one attached hydrogen (secondary N) is 2. The molecule has 1 heterocycles. The van der Waals surface area contributed by atoms with Crippen molar-refractivity contribution in [2.24, 2.45) is 10.1 Å². The molecule has 1 unspecified atom stereocenters. The molecule has 0 radical (unpaired) electrons. The molecule has 1 aliphatic rings. The standard InChI is InChI=1S/C21H28N4O3S.HI/c1-4-23-20(24-14-15-8-7-9-16(12-15)29(22,26)27)25-18-13-21(2,3)28-19-11-6-5-10-17(18)19;/h5-12,18H,4,13-14H2,1-3H3,(H2,22,26,27)(H2,23,24,25);1H. The van der Waals surface area contributed by atoms with E-state index in [0.29, 0.717) is 19.0 Å². The molecule has 1 aliphatic heterocycles. The van der Waals surface area contributed by atoms with Crippen LogP contribution in [0, 0.1) is 0 Å². The van der Waals surface area contributed by atoms with Gasteiger partial charge in [-0.25, -0.2) is 18.5 Å². The molecule has 0 saturated heterocycles. The molecule has 0 spiro atoms. The van der Waals surface area contributed by atoms with E-state index in [9.17, 15) is 8.42 Å². The summed E-state index contributed by atoms with van der Waals surface area (Å²) in [5.41, 5.74) is 1.56. The Labute approximate surface area is 195 Å². The van der Waals surface area contributed by atoms with Gasteiger partial charge < -0.3 is 15.4 Å². The topological polar surface area (TPSA) is 106 Å². The summed E-state index contributed by atoms with van der Waals surface area (Å²) >= 11 is 0. The average Bonchev–Trinajstić information content (AvgIpc) is 2.65. The second-order valence-corrected chi connectivity index (χ2v) is 9.25. The van der Waals surface area contributed by atoms with Gasteiger partial charge in [0, 0.05) is 18.5 Å². The summed E-state index contributed by atoms with van der Waals surface area (Å²) in [6.07, 6.45) is 0.787. The van der Waals surface area contributed by atoms with Crippen molar-refractivity contribution in [3.8, 4) is 5.75 Å². The highest BCUT2D eigenvalue weighted by Gasteiger charge is 2.33. The van der Waals surface area contributed by atoms with E-state index in [-0.39, 0.29) is 40.5 Å². The summed E-state index contributed by atoms with van der Waals surface area (Å²) in [4.78, 5) is 4.73. The first-order chi connectivity index (χ1) is 13.7. The smallest absolute Gasteiger partial charge is 0.238 e. The van der Waals surface area contributed by atoms with E-state index < -0.39 is 10.0 Å². The minimum atomic E-state index is -3.74. The van der Waals surface area contributed by atoms with Crippen LogP contribution in [-0.4, -0.2) is 26.5 Å². The van der Waals surface area contributed by atoms with E-state index in [1.165, 1.54) is 6.07 Å². The van der Waals surface area contributed by atoms with Crippen LogP contribution in [0.5, 0.6) is 5.75 Å². The Balaban J connectivity index is 0.00000320. The fourth-order valence-electron chi connectivity index (χ4n) is 3.41. The second-order valence-electron chi connectivity index (χ2n) is 7.69. The van der Waals surface area contributed by atoms with Crippen molar-refractivity contribution >= 4 is 40.0 Å². The highest BCUT2D eigenvalue weighted by molar-refractivity contribution is 14.0. The molecule has 0 bridgehead atoms. The summed E-state index contributed by atoms with van der Waals surface area (Å²) in [5, 5.41) is 12.0. The molecule has 2 aromatic rings. The lowest BCUT2D eigenvalue weighted by Crippen LogP contribution is -2.45. The monoisotopic (exact) mass is 544 g/mol. The quantitative estimate of drug-likeness (QED) is 0.304. The first-order valence-electron chi connectivity index (χ1n) is 9.62. The first-order valence-corrected chi connectivity index (χ1v) is 11.2. The first kappa shape index (κ1) is 24.4. The molecular weight excluding hydrogens is 515 g/mol. The van der Waals surface area contributed by atoms with E-state index in [4.69, 9.17) is 9.88 Å². The van der Waals surface area contributed by atoms with E-state index in [0.717, 1.165) is 23.3 Å². The molecule has 9 heteroatoms. The van der Waals surface area contributed by atoms with Gasteiger partial charge in [0.05, 0.1) is 17.5 Å². The van der Waals surface area contributed by atoms with Crippen LogP contribution >= 0.6 is 24.0 Å². The van der Waals surface area contributed by atoms with Crippen LogP contribution in [0.25, 0.3) is 0 Å². The van der Waals surface area contributed by atoms with Gasteiger partial charge in [-0.2, -0.15) is 0 Å². The van der Waals surface area contributed by atoms with Gasteiger partial charge in [0.15, 0.2) is 5.96 Å². The van der Waals surface area contributed by atoms with Gasteiger partial charge in [-0.1, -0.05) is 30.3 Å². The van der Waals surface area contributed by atoms with E-state index in [1.807, 2.05) is 31.2 Å². The Bertz CT molecular complexity index is 1010. The SMILES string of the molecule is CCNC(=NCc1cccc(S(N)(=O)=O)c1)NC1CC(C)(C)Oc2ccccc21.I. The zero-order valence-corrected chi connectivity index (χ0v) is 20.5. The van der Waals surface area contributed by atoms with Crippen LogP contribution < -0.4 is 20.5 Å². The number of halogens is 1. The third-order valence-electron chi connectivity index (χ3n) is 4.68. The number of benzene rings is 2. The lowest BCUT2D eigenvalue weighted by molar-refractivity contribution is 0.0694. The minimum absolute atomic E-state index is 0. The van der Waals surface area contributed by atoms with Crippen molar-refractivity contribution in [1.82, 2.24) is 10.6 Å². The molecule has 3 rings (SSSR count). The van der Waals surface area contributed by atoms with Gasteiger partial charge in [-0.3, -0.25) is 0 Å². The maximum Gasteiger partial charge on any atom is 0.238 e. The molecule has 1 atom stereocenters. The Morgan fingerprint density at radius 1 is 1.23 bits per heavy atom. The molecule has 0 aliphatic carbocycles. The van der Waals surface area contributed by atoms with E-state index in [2.05, 4.69) is 35.5 Å². The number of para-hydroxylation sites is 1. The largest absolute Gasteiger partial charge is 0.487 e. The number of rotatable bonds is 5. The third-order valence-corrected chi connectivity index (χ3v) is 5.59. The number of hydrogen-bond acceptors (Lipinski definition) is 4. The van der Waals surface area contributed by atoms with Crippen LogP contribution in [0.2, 0.25) is 0 Å². The Hall–Kier alpha value is -1.85. The number of sulfonamides is 1. The van der Waals surface area contributed by atoms with Crippen molar-refractivity contribution in [2.45, 2.75) is 50.3 Å². The summed E-state index contributed by atoms with van der Waals surface area (Å²) in [6, 6.07) is 14.6. The van der Waals surface area contributed by atoms with Gasteiger partial charge in [-0.05, 0) is 44.5 Å². The lowest BCUT2D eigenvalue weighted by atomic mass is 9.90. The summed E-state index contributed by atoms with van der Waals surface area (Å²) in [5.74, 6) is 1.53. The number of guanidine groups is 1. The van der Waals surface area contributed by atoms with Crippen molar-refractivity contribution in [2.75, 3.05) is 6.54 Å². The number of nitrogens with zero attached hydrogens (tertiary/aromatic N) is 1. The molecule has 7 nitrogen and oxygen atoms in total. The Morgan fingerprint density at radius 2 is 1.97 bits per heavy atom. The van der Waals surface area contributed by atoms with Gasteiger partial charge in [0.2, 0.25) is 10.0 Å². The predicted octanol–water partition coefficient (Wildman–Crippen LogP) is 3.31. The highest BCUT2D eigenvalue weighted by Crippen LogP contribution is 2.39. The van der Waals surface area contributed by atoms with Gasteiger partial charge in [-0.15, -0.1) is 24.0 Å². The summed E-state index contributed by atoms with van der Waals surface area (Å²) in [6.45, 7) is 7.17. The molecule has 4 N–H and O–H groups in total. The summed E-state index contributed by atoms with van der Waals surface area (Å²) < 4.78 is 29.2. The molecule has 0 fully saturated rings. The molecule has 0 amide bonds. The number of fused-ring (bicyclic) bond motifs is 1. The maximum atomic E-state index is 11.6. The fourth-order valence-corrected chi connectivity index (χ4v) is 3.99. The van der Waals surface area contributed by atoms with Crippen molar-refractivity contribution in [3.63, 3.8) is 0 Å². The molecule has 30 heavy (non-hydrogen) atoms. The third kappa shape index (κ3) is 6.32. The van der Waals surface area contributed by atoms with Crippen molar-refractivity contribution in [3.05, 3.63) is 59.7 Å². The normalized spacial score (nSPS) is 17.9. The van der Waals surface area contributed by atoms with Crippen molar-refractivity contribution in [1.29, 1.82) is 0 Å². The van der Waals surface area contributed by atoms with Crippen LogP contribution in [0.1, 0.15) is 44.4 Å². The zero-order valence-electron chi connectivity index (χ0n) is 17.4. The van der Waals surface area contributed by atoms with Crippen LogP contribution in [0.3, 0.4) is 0 Å². The van der Waals surface area contributed by atoms with Gasteiger partial charge in [0.1, 0.15) is 11.4 Å². The van der Waals surface area contributed by atoms with Gasteiger partial charge >= 0.3 is 0 Å². The number of ether oxygens (including phenoxy) is 1. The Morgan fingerprint density at radius 3 is 2.67 bits per heavy atom. The predicted molar refractivity (Wildman–Crippen MR) is 130 cm³/mol. The van der Waals surface area contributed by atoms with Crippen LogP contribution in [-0.2, 0) is 16.6 Å². The average molecular weight is 544 g/mol. The van der Waals surface area contributed by atoms with E-state index in [1.54, 1.807) is 12.1 Å². The fraction of sp³-hybridized carbons (Fsp3) is 0.381. The van der Waals surface area contributed by atoms with Crippen LogP contribution in [0.15, 0.2) is 58.4 Å². The molecule has 164 valence electrons. The zero-order chi connectivity index (χ0) is 21.1. The molecule has 0 saturated carbocycles. The Kier molecular flexibility index (Phi) is 8.12. The number of nitrogens with two attached hydrogens (primary N) is 1. The van der Waals surface area contributed by atoms with Crippen LogP contribution in [0.4, 0.5) is 0 Å². The van der Waals surface area contributed by atoms with Gasteiger partial charge in [0.25, 0.3) is 0 Å². The van der Waals surface area contributed by atoms with E-state index >= 15 is 0 Å². The molecular formula is C21H29IN4O3S. The molecule has 2 aromatic carbocycles. The lowest BCUT2D eigenvalue weighted by Gasteiger charge is -2.38. The molecule has 0 aromatic heterocycles.